The largest absolute Gasteiger partial charge is 0.481 e. The van der Waals surface area contributed by atoms with Crippen LogP contribution in [0.2, 0.25) is 0 Å². The zero-order valence-corrected chi connectivity index (χ0v) is 12.8. The van der Waals surface area contributed by atoms with E-state index in [9.17, 15) is 14.7 Å². The van der Waals surface area contributed by atoms with Crippen LogP contribution >= 0.6 is 0 Å². The lowest BCUT2D eigenvalue weighted by molar-refractivity contribution is -0.145. The number of aliphatic carboxylic acids is 1. The third-order valence-electron chi connectivity index (χ3n) is 5.04. The normalized spacial score (nSPS) is 25.2. The summed E-state index contributed by atoms with van der Waals surface area (Å²) in [6.45, 7) is 1.45. The van der Waals surface area contributed by atoms with Crippen molar-refractivity contribution in [3.63, 3.8) is 0 Å². The minimum Gasteiger partial charge on any atom is -0.481 e. The van der Waals surface area contributed by atoms with Gasteiger partial charge in [0.2, 0.25) is 5.91 Å². The molecule has 1 aliphatic heterocycles. The summed E-state index contributed by atoms with van der Waals surface area (Å²) >= 11 is 0. The molecule has 0 spiro atoms. The molecule has 2 atom stereocenters. The van der Waals surface area contributed by atoms with E-state index in [4.69, 9.17) is 0 Å². The minimum atomic E-state index is -0.751. The maximum absolute atomic E-state index is 12.8. The van der Waals surface area contributed by atoms with Gasteiger partial charge in [-0.2, -0.15) is 0 Å². The molecule has 3 rings (SSSR count). The molecule has 1 N–H and O–H groups in total. The van der Waals surface area contributed by atoms with Crippen molar-refractivity contribution < 1.29 is 14.7 Å². The molecule has 1 saturated carbocycles. The number of aryl methyl sites for hydroxylation is 1. The monoisotopic (exact) mass is 301 g/mol. The minimum absolute atomic E-state index is 0.111. The molecule has 22 heavy (non-hydrogen) atoms. The molecule has 118 valence electrons. The summed E-state index contributed by atoms with van der Waals surface area (Å²) in [5.41, 5.74) is 2.57. The zero-order chi connectivity index (χ0) is 15.5. The van der Waals surface area contributed by atoms with E-state index < -0.39 is 5.97 Å². The molecule has 2 aliphatic rings. The second-order valence-corrected chi connectivity index (χ2v) is 6.53. The van der Waals surface area contributed by atoms with Crippen LogP contribution in [0.15, 0.2) is 24.3 Å². The molecule has 1 heterocycles. The van der Waals surface area contributed by atoms with Crippen LogP contribution in [0.3, 0.4) is 0 Å². The zero-order valence-electron chi connectivity index (χ0n) is 12.8. The summed E-state index contributed by atoms with van der Waals surface area (Å²) in [6, 6.07) is 8.31. The predicted molar refractivity (Wildman–Crippen MR) is 83.3 cm³/mol. The molecule has 0 unspecified atom stereocenters. The van der Waals surface area contributed by atoms with Crippen LogP contribution in [-0.4, -0.2) is 28.4 Å². The van der Waals surface area contributed by atoms with Gasteiger partial charge in [-0.15, -0.1) is 0 Å². The summed E-state index contributed by atoms with van der Waals surface area (Å²) < 4.78 is 0. The average molecular weight is 301 g/mol. The smallest absolute Gasteiger partial charge is 0.306 e. The molecular weight excluding hydrogens is 278 g/mol. The number of carbonyl (C=O) groups excluding carboxylic acids is 1. The molecule has 1 fully saturated rings. The fourth-order valence-electron chi connectivity index (χ4n) is 3.79. The number of hydrogen-bond donors (Lipinski definition) is 1. The van der Waals surface area contributed by atoms with Crippen LogP contribution in [-0.2, 0) is 22.6 Å². The van der Waals surface area contributed by atoms with Gasteiger partial charge in [0.05, 0.1) is 5.92 Å². The molecule has 1 aliphatic carbocycles. The average Bonchev–Trinajstić information content (AvgIpc) is 2.76. The highest BCUT2D eigenvalue weighted by molar-refractivity contribution is 5.80. The van der Waals surface area contributed by atoms with E-state index in [1.54, 1.807) is 0 Å². The molecule has 0 saturated heterocycles. The number of benzene rings is 1. The summed E-state index contributed by atoms with van der Waals surface area (Å²) in [7, 11) is 0. The van der Waals surface area contributed by atoms with Crippen LogP contribution in [0, 0.1) is 11.8 Å². The van der Waals surface area contributed by atoms with Crippen molar-refractivity contribution in [3.8, 4) is 0 Å². The van der Waals surface area contributed by atoms with Gasteiger partial charge < -0.3 is 10.0 Å². The Bertz CT molecular complexity index is 569. The second kappa shape index (κ2) is 6.51. The summed E-state index contributed by atoms with van der Waals surface area (Å²) in [6.07, 6.45) is 4.90. The third kappa shape index (κ3) is 3.16. The van der Waals surface area contributed by atoms with Gasteiger partial charge in [0.15, 0.2) is 0 Å². The van der Waals surface area contributed by atoms with Crippen LogP contribution in [0.1, 0.15) is 43.2 Å². The number of nitrogens with zero attached hydrogens (tertiary/aromatic N) is 1. The lowest BCUT2D eigenvalue weighted by Crippen LogP contribution is -2.38. The molecule has 0 bridgehead atoms. The molecule has 0 radical (unpaired) electrons. The molecular formula is C18H23NO3. The lowest BCUT2D eigenvalue weighted by atomic mass is 9.80. The van der Waals surface area contributed by atoms with Gasteiger partial charge in [-0.1, -0.05) is 30.7 Å². The first kappa shape index (κ1) is 15.1. The molecule has 4 heteroatoms. The Morgan fingerprint density at radius 2 is 1.77 bits per heavy atom. The van der Waals surface area contributed by atoms with Crippen molar-refractivity contribution >= 4 is 11.9 Å². The Kier molecular flexibility index (Phi) is 4.46. The van der Waals surface area contributed by atoms with E-state index in [2.05, 4.69) is 18.2 Å². The highest BCUT2D eigenvalue weighted by Gasteiger charge is 2.33. The first-order valence-corrected chi connectivity index (χ1v) is 8.23. The topological polar surface area (TPSA) is 57.6 Å². The van der Waals surface area contributed by atoms with Crippen molar-refractivity contribution in [2.75, 3.05) is 6.54 Å². The Morgan fingerprint density at radius 1 is 1.05 bits per heavy atom. The maximum Gasteiger partial charge on any atom is 0.306 e. The van der Waals surface area contributed by atoms with E-state index in [1.807, 2.05) is 11.0 Å². The highest BCUT2D eigenvalue weighted by atomic mass is 16.4. The van der Waals surface area contributed by atoms with Gasteiger partial charge in [0, 0.05) is 19.0 Å². The Hall–Kier alpha value is -1.84. The van der Waals surface area contributed by atoms with Gasteiger partial charge in [-0.05, 0) is 43.2 Å². The van der Waals surface area contributed by atoms with Crippen molar-refractivity contribution in [2.45, 2.75) is 45.1 Å². The SMILES string of the molecule is O=C(O)[C@H]1CCC[C@H](C(=O)N2CCCc3ccccc3C2)C1. The maximum atomic E-state index is 12.8. The number of carbonyl (C=O) groups is 2. The van der Waals surface area contributed by atoms with Crippen LogP contribution < -0.4 is 0 Å². The number of hydrogen-bond acceptors (Lipinski definition) is 2. The fourth-order valence-corrected chi connectivity index (χ4v) is 3.79. The predicted octanol–water partition coefficient (Wildman–Crippen LogP) is 2.85. The number of rotatable bonds is 2. The van der Waals surface area contributed by atoms with E-state index in [0.717, 1.165) is 32.2 Å². The summed E-state index contributed by atoms with van der Waals surface area (Å²) in [4.78, 5) is 26.0. The quantitative estimate of drug-likeness (QED) is 0.914. The Morgan fingerprint density at radius 3 is 2.55 bits per heavy atom. The molecule has 1 amide bonds. The van der Waals surface area contributed by atoms with E-state index in [-0.39, 0.29) is 17.7 Å². The van der Waals surface area contributed by atoms with E-state index in [0.29, 0.717) is 19.4 Å². The molecule has 1 aromatic carbocycles. The fraction of sp³-hybridized carbons (Fsp3) is 0.556. The number of carboxylic acids is 1. The van der Waals surface area contributed by atoms with Crippen molar-refractivity contribution in [1.82, 2.24) is 4.90 Å². The van der Waals surface area contributed by atoms with Crippen LogP contribution in [0.5, 0.6) is 0 Å². The lowest BCUT2D eigenvalue weighted by Gasteiger charge is -2.31. The van der Waals surface area contributed by atoms with Crippen molar-refractivity contribution in [3.05, 3.63) is 35.4 Å². The molecule has 0 aromatic heterocycles. The van der Waals surface area contributed by atoms with Gasteiger partial charge in [0.1, 0.15) is 0 Å². The highest BCUT2D eigenvalue weighted by Crippen LogP contribution is 2.31. The van der Waals surface area contributed by atoms with E-state index >= 15 is 0 Å². The molecule has 1 aromatic rings. The first-order chi connectivity index (χ1) is 10.6. The van der Waals surface area contributed by atoms with E-state index in [1.165, 1.54) is 11.1 Å². The Labute approximate surface area is 131 Å². The third-order valence-corrected chi connectivity index (χ3v) is 5.04. The number of fused-ring (bicyclic) bond motifs is 1. The van der Waals surface area contributed by atoms with Crippen LogP contribution in [0.25, 0.3) is 0 Å². The van der Waals surface area contributed by atoms with Crippen molar-refractivity contribution in [2.24, 2.45) is 11.8 Å². The van der Waals surface area contributed by atoms with Crippen LogP contribution in [0.4, 0.5) is 0 Å². The number of amides is 1. The van der Waals surface area contributed by atoms with Gasteiger partial charge in [0.25, 0.3) is 0 Å². The van der Waals surface area contributed by atoms with Crippen molar-refractivity contribution in [1.29, 1.82) is 0 Å². The summed E-state index contributed by atoms with van der Waals surface area (Å²) in [5, 5.41) is 9.20. The first-order valence-electron chi connectivity index (χ1n) is 8.23. The Balaban J connectivity index is 1.71. The standard InChI is InChI=1S/C18H23NO3/c20-17(14-7-3-8-15(11-14)18(21)22)19-10-4-9-13-5-1-2-6-16(13)12-19/h1-2,5-6,14-15H,3-4,7-12H2,(H,21,22)/t14-,15-/m0/s1. The second-order valence-electron chi connectivity index (χ2n) is 6.53. The van der Waals surface area contributed by atoms with Gasteiger partial charge in [-0.25, -0.2) is 0 Å². The van der Waals surface area contributed by atoms with Gasteiger partial charge >= 0.3 is 5.97 Å². The van der Waals surface area contributed by atoms with Gasteiger partial charge in [-0.3, -0.25) is 9.59 Å². The molecule has 4 nitrogen and oxygen atoms in total. The number of carboxylic acid groups (broad SMARTS) is 1. The summed E-state index contributed by atoms with van der Waals surface area (Å²) in [5.74, 6) is -1.05.